The Morgan fingerprint density at radius 3 is 2.86 bits per heavy atom. The number of thiophene rings is 1. The topological polar surface area (TPSA) is 66.4 Å². The Hall–Kier alpha value is -1.66. The molecule has 1 unspecified atom stereocenters. The van der Waals surface area contributed by atoms with Gasteiger partial charge < -0.3 is 10.4 Å². The molecule has 2 N–H and O–H groups in total. The predicted octanol–water partition coefficient (Wildman–Crippen LogP) is 3.68. The van der Waals surface area contributed by atoms with Crippen molar-refractivity contribution in [3.8, 4) is 0 Å². The quantitative estimate of drug-likeness (QED) is 0.879. The fourth-order valence-corrected chi connectivity index (χ4v) is 3.33. The minimum atomic E-state index is -0.911. The molecule has 7 heteroatoms. The van der Waals surface area contributed by atoms with Gasteiger partial charge in [-0.05, 0) is 31.5 Å². The number of rotatable bonds is 5. The molecule has 1 heterocycles. The van der Waals surface area contributed by atoms with Crippen molar-refractivity contribution >= 4 is 44.9 Å². The van der Waals surface area contributed by atoms with E-state index in [2.05, 4.69) is 5.32 Å². The van der Waals surface area contributed by atoms with Gasteiger partial charge in [0, 0.05) is 22.5 Å². The fourth-order valence-electron chi connectivity index (χ4n) is 1.89. The van der Waals surface area contributed by atoms with Crippen LogP contribution < -0.4 is 5.32 Å². The van der Waals surface area contributed by atoms with Crippen molar-refractivity contribution in [1.29, 1.82) is 0 Å². The van der Waals surface area contributed by atoms with E-state index in [1.165, 1.54) is 18.2 Å². The van der Waals surface area contributed by atoms with Gasteiger partial charge in [0.15, 0.2) is 0 Å². The van der Waals surface area contributed by atoms with Gasteiger partial charge in [0.05, 0.1) is 5.02 Å². The molecular formula is C14H13ClFNO3S. The first-order chi connectivity index (χ1) is 9.88. The molecule has 0 spiro atoms. The highest BCUT2D eigenvalue weighted by Gasteiger charge is 2.19. The summed E-state index contributed by atoms with van der Waals surface area (Å²) < 4.78 is 13.8. The van der Waals surface area contributed by atoms with Gasteiger partial charge in [-0.2, -0.15) is 0 Å². The maximum Gasteiger partial charge on any atom is 0.303 e. The van der Waals surface area contributed by atoms with Crippen molar-refractivity contribution in [2.75, 3.05) is 0 Å². The highest BCUT2D eigenvalue weighted by atomic mass is 35.5. The van der Waals surface area contributed by atoms with Gasteiger partial charge in [-0.25, -0.2) is 4.39 Å². The van der Waals surface area contributed by atoms with E-state index in [-0.39, 0.29) is 29.2 Å². The molecule has 0 aliphatic carbocycles. The molecule has 2 rings (SSSR count). The van der Waals surface area contributed by atoms with Crippen molar-refractivity contribution in [1.82, 2.24) is 5.32 Å². The second kappa shape index (κ2) is 6.41. The molecule has 1 aromatic carbocycles. The van der Waals surface area contributed by atoms with Crippen molar-refractivity contribution in [2.45, 2.75) is 25.8 Å². The third-order valence-electron chi connectivity index (χ3n) is 2.97. The number of amides is 1. The molecule has 0 aliphatic heterocycles. The molecule has 1 atom stereocenters. The van der Waals surface area contributed by atoms with Gasteiger partial charge >= 0.3 is 5.97 Å². The van der Waals surface area contributed by atoms with Gasteiger partial charge in [0.1, 0.15) is 10.7 Å². The van der Waals surface area contributed by atoms with Crippen LogP contribution in [0, 0.1) is 5.82 Å². The smallest absolute Gasteiger partial charge is 0.303 e. The highest BCUT2D eigenvalue weighted by molar-refractivity contribution is 7.21. The van der Waals surface area contributed by atoms with E-state index >= 15 is 0 Å². The lowest BCUT2D eigenvalue weighted by Gasteiger charge is -2.11. The zero-order valence-electron chi connectivity index (χ0n) is 11.2. The van der Waals surface area contributed by atoms with Gasteiger partial charge in [-0.1, -0.05) is 11.6 Å². The highest BCUT2D eigenvalue weighted by Crippen LogP contribution is 2.35. The average molecular weight is 330 g/mol. The fraction of sp³-hybridized carbons (Fsp3) is 0.286. The zero-order valence-corrected chi connectivity index (χ0v) is 12.7. The van der Waals surface area contributed by atoms with Crippen molar-refractivity contribution in [3.05, 3.63) is 33.9 Å². The number of carboxylic acids is 1. The second-order valence-corrected chi connectivity index (χ2v) is 6.12. The Balaban J connectivity index is 2.16. The first-order valence-corrected chi connectivity index (χ1v) is 7.48. The summed E-state index contributed by atoms with van der Waals surface area (Å²) in [6.45, 7) is 1.72. The average Bonchev–Trinajstić information content (AvgIpc) is 2.73. The van der Waals surface area contributed by atoms with Crippen LogP contribution in [0.15, 0.2) is 18.2 Å². The lowest BCUT2D eigenvalue weighted by Crippen LogP contribution is -2.32. The second-order valence-electron chi connectivity index (χ2n) is 4.69. The lowest BCUT2D eigenvalue weighted by molar-refractivity contribution is -0.137. The molecule has 0 saturated carbocycles. The number of carboxylic acid groups (broad SMARTS) is 1. The first kappa shape index (κ1) is 15.7. The summed E-state index contributed by atoms with van der Waals surface area (Å²) in [5.41, 5.74) is 0. The molecule has 0 saturated heterocycles. The molecule has 21 heavy (non-hydrogen) atoms. The SMILES string of the molecule is CC(CCC(=O)O)NC(=O)c1sc2cc(F)ccc2c1Cl. The van der Waals surface area contributed by atoms with Crippen LogP contribution in [-0.4, -0.2) is 23.0 Å². The minimum absolute atomic E-state index is 0.0210. The number of halogens is 2. The summed E-state index contributed by atoms with van der Waals surface area (Å²) in [4.78, 5) is 22.9. The number of hydrogen-bond donors (Lipinski definition) is 2. The summed E-state index contributed by atoms with van der Waals surface area (Å²) in [5.74, 6) is -1.67. The number of fused-ring (bicyclic) bond motifs is 1. The van der Waals surface area contributed by atoms with Crippen LogP contribution in [0.25, 0.3) is 10.1 Å². The van der Waals surface area contributed by atoms with Crippen LogP contribution in [0.5, 0.6) is 0 Å². The maximum atomic E-state index is 13.2. The Morgan fingerprint density at radius 2 is 2.19 bits per heavy atom. The van der Waals surface area contributed by atoms with Crippen LogP contribution in [0.3, 0.4) is 0 Å². The molecule has 1 amide bonds. The Morgan fingerprint density at radius 1 is 1.48 bits per heavy atom. The third-order valence-corrected chi connectivity index (χ3v) is 4.62. The molecule has 0 aliphatic rings. The summed E-state index contributed by atoms with van der Waals surface area (Å²) in [5, 5.41) is 12.2. The molecular weight excluding hydrogens is 317 g/mol. The van der Waals surface area contributed by atoms with Crippen molar-refractivity contribution in [3.63, 3.8) is 0 Å². The van der Waals surface area contributed by atoms with Crippen LogP contribution in [0.4, 0.5) is 4.39 Å². The van der Waals surface area contributed by atoms with Crippen LogP contribution in [0.2, 0.25) is 5.02 Å². The number of aliphatic carboxylic acids is 1. The summed E-state index contributed by atoms with van der Waals surface area (Å²) >= 11 is 7.26. The van der Waals surface area contributed by atoms with Crippen LogP contribution in [0.1, 0.15) is 29.4 Å². The zero-order chi connectivity index (χ0) is 15.6. The first-order valence-electron chi connectivity index (χ1n) is 6.28. The summed E-state index contributed by atoms with van der Waals surface area (Å²) in [6, 6.07) is 3.87. The third kappa shape index (κ3) is 3.71. The minimum Gasteiger partial charge on any atom is -0.481 e. The van der Waals surface area contributed by atoms with E-state index in [9.17, 15) is 14.0 Å². The van der Waals surface area contributed by atoms with E-state index in [1.807, 2.05) is 0 Å². The van der Waals surface area contributed by atoms with Crippen molar-refractivity contribution < 1.29 is 19.1 Å². The molecule has 112 valence electrons. The normalized spacial score (nSPS) is 12.3. The number of carbonyl (C=O) groups is 2. The Labute approximate surface area is 129 Å². The number of nitrogens with one attached hydrogen (secondary N) is 1. The monoisotopic (exact) mass is 329 g/mol. The van der Waals surface area contributed by atoms with Gasteiger partial charge in [-0.15, -0.1) is 11.3 Å². The molecule has 0 bridgehead atoms. The van der Waals surface area contributed by atoms with E-state index in [0.29, 0.717) is 21.4 Å². The number of carbonyl (C=O) groups excluding carboxylic acids is 1. The summed E-state index contributed by atoms with van der Waals surface area (Å²) in [6.07, 6.45) is 0.311. The van der Waals surface area contributed by atoms with Crippen LogP contribution >= 0.6 is 22.9 Å². The molecule has 4 nitrogen and oxygen atoms in total. The van der Waals surface area contributed by atoms with E-state index in [1.54, 1.807) is 6.92 Å². The molecule has 1 aromatic heterocycles. The largest absolute Gasteiger partial charge is 0.481 e. The molecule has 0 fully saturated rings. The van der Waals surface area contributed by atoms with E-state index < -0.39 is 5.97 Å². The molecule has 0 radical (unpaired) electrons. The van der Waals surface area contributed by atoms with Crippen molar-refractivity contribution in [2.24, 2.45) is 0 Å². The summed E-state index contributed by atoms with van der Waals surface area (Å²) in [7, 11) is 0. The Kier molecular flexibility index (Phi) is 4.80. The number of hydrogen-bond acceptors (Lipinski definition) is 3. The standard InChI is InChI=1S/C14H13ClFNO3S/c1-7(2-5-11(18)19)17-14(20)13-12(15)9-4-3-8(16)6-10(9)21-13/h3-4,6-7H,2,5H2,1H3,(H,17,20)(H,18,19). The van der Waals surface area contributed by atoms with E-state index in [0.717, 1.165) is 11.3 Å². The van der Waals surface area contributed by atoms with Gasteiger partial charge in [-0.3, -0.25) is 9.59 Å². The van der Waals surface area contributed by atoms with Crippen LogP contribution in [-0.2, 0) is 4.79 Å². The maximum absolute atomic E-state index is 13.2. The van der Waals surface area contributed by atoms with Gasteiger partial charge in [0.25, 0.3) is 5.91 Å². The Bertz CT molecular complexity index is 701. The number of benzene rings is 1. The van der Waals surface area contributed by atoms with Gasteiger partial charge in [0.2, 0.25) is 0 Å². The lowest BCUT2D eigenvalue weighted by atomic mass is 10.2. The predicted molar refractivity (Wildman–Crippen MR) is 80.6 cm³/mol. The molecule has 2 aromatic rings. The van der Waals surface area contributed by atoms with E-state index in [4.69, 9.17) is 16.7 Å².